The normalized spacial score (nSPS) is 13.8. The summed E-state index contributed by atoms with van der Waals surface area (Å²) in [6.45, 7) is 2.04. The lowest BCUT2D eigenvalue weighted by Crippen LogP contribution is -2.41. The van der Waals surface area contributed by atoms with Gasteiger partial charge in [0.15, 0.2) is 0 Å². The molecule has 0 aromatic heterocycles. The monoisotopic (exact) mass is 408 g/mol. The molecule has 0 aliphatic carbocycles. The van der Waals surface area contributed by atoms with Crippen molar-refractivity contribution in [1.29, 1.82) is 0 Å². The van der Waals surface area contributed by atoms with Gasteiger partial charge in [0.25, 0.3) is 5.91 Å². The van der Waals surface area contributed by atoms with E-state index in [0.717, 1.165) is 5.56 Å². The van der Waals surface area contributed by atoms with E-state index in [1.165, 1.54) is 4.90 Å². The number of esters is 1. The Bertz CT molecular complexity index is 951. The van der Waals surface area contributed by atoms with Crippen LogP contribution < -0.4 is 10.1 Å². The molecule has 2 aromatic rings. The zero-order valence-electron chi connectivity index (χ0n) is 17.0. The maximum absolute atomic E-state index is 12.7. The molecule has 1 N–H and O–H groups in total. The standard InChI is InChI=1S/C23H24N2O5/c1-3-30-23(28)21-19(24-22(27)17-7-5-4-6-8-17)13-14-20(26)25(21)15-16-9-11-18(29-2)12-10-16/h4-12H,3,13-15H2,1-2H3,(H,24,27). The number of hydrogen-bond donors (Lipinski definition) is 1. The number of rotatable bonds is 7. The highest BCUT2D eigenvalue weighted by atomic mass is 16.5. The molecule has 1 aliphatic heterocycles. The number of carbonyl (C=O) groups excluding carboxylic acids is 3. The van der Waals surface area contributed by atoms with E-state index in [-0.39, 0.29) is 43.5 Å². The highest BCUT2D eigenvalue weighted by Gasteiger charge is 2.33. The van der Waals surface area contributed by atoms with Crippen LogP contribution in [0.1, 0.15) is 35.7 Å². The van der Waals surface area contributed by atoms with Crippen LogP contribution in [0.4, 0.5) is 0 Å². The van der Waals surface area contributed by atoms with Crippen LogP contribution >= 0.6 is 0 Å². The van der Waals surface area contributed by atoms with Gasteiger partial charge in [0.2, 0.25) is 5.91 Å². The minimum absolute atomic E-state index is 0.0770. The van der Waals surface area contributed by atoms with Crippen molar-refractivity contribution in [3.63, 3.8) is 0 Å². The molecule has 7 nitrogen and oxygen atoms in total. The molecule has 2 amide bonds. The quantitative estimate of drug-likeness (QED) is 0.712. The summed E-state index contributed by atoms with van der Waals surface area (Å²) in [7, 11) is 1.58. The lowest BCUT2D eigenvalue weighted by molar-refractivity contribution is -0.145. The predicted molar refractivity (Wildman–Crippen MR) is 110 cm³/mol. The van der Waals surface area contributed by atoms with E-state index in [2.05, 4.69) is 5.32 Å². The molecule has 0 bridgehead atoms. The second-order valence-corrected chi connectivity index (χ2v) is 6.70. The second-order valence-electron chi connectivity index (χ2n) is 6.70. The van der Waals surface area contributed by atoms with Gasteiger partial charge in [-0.2, -0.15) is 0 Å². The average Bonchev–Trinajstić information content (AvgIpc) is 2.77. The number of methoxy groups -OCH3 is 1. The van der Waals surface area contributed by atoms with Gasteiger partial charge in [-0.1, -0.05) is 30.3 Å². The van der Waals surface area contributed by atoms with Crippen molar-refractivity contribution >= 4 is 17.8 Å². The molecule has 0 spiro atoms. The summed E-state index contributed by atoms with van der Waals surface area (Å²) in [6, 6.07) is 15.9. The van der Waals surface area contributed by atoms with Gasteiger partial charge in [-0.15, -0.1) is 0 Å². The SMILES string of the molecule is CCOC(=O)C1=C(NC(=O)c2ccccc2)CCC(=O)N1Cc1ccc(OC)cc1. The Morgan fingerprint density at radius 2 is 1.73 bits per heavy atom. The maximum Gasteiger partial charge on any atom is 0.356 e. The Labute approximate surface area is 175 Å². The first-order chi connectivity index (χ1) is 14.5. The Kier molecular flexibility index (Phi) is 6.85. The van der Waals surface area contributed by atoms with Crippen molar-refractivity contribution in [3.8, 4) is 5.75 Å². The molecule has 0 saturated carbocycles. The van der Waals surface area contributed by atoms with Crippen LogP contribution in [0.15, 0.2) is 66.0 Å². The Hall–Kier alpha value is -3.61. The molecular formula is C23H24N2O5. The van der Waals surface area contributed by atoms with Crippen LogP contribution in [0.2, 0.25) is 0 Å². The summed E-state index contributed by atoms with van der Waals surface area (Å²) < 4.78 is 10.4. The highest BCUT2D eigenvalue weighted by molar-refractivity contribution is 5.99. The summed E-state index contributed by atoms with van der Waals surface area (Å²) >= 11 is 0. The van der Waals surface area contributed by atoms with E-state index in [0.29, 0.717) is 17.0 Å². The van der Waals surface area contributed by atoms with E-state index in [1.54, 1.807) is 50.4 Å². The van der Waals surface area contributed by atoms with Gasteiger partial charge >= 0.3 is 5.97 Å². The molecule has 1 aliphatic rings. The van der Waals surface area contributed by atoms with Gasteiger partial charge < -0.3 is 19.7 Å². The zero-order chi connectivity index (χ0) is 21.5. The maximum atomic E-state index is 12.7. The van der Waals surface area contributed by atoms with Gasteiger partial charge in [0.1, 0.15) is 11.4 Å². The van der Waals surface area contributed by atoms with Crippen molar-refractivity contribution in [1.82, 2.24) is 10.2 Å². The zero-order valence-corrected chi connectivity index (χ0v) is 17.0. The van der Waals surface area contributed by atoms with Gasteiger partial charge in [-0.25, -0.2) is 4.79 Å². The second kappa shape index (κ2) is 9.73. The first-order valence-electron chi connectivity index (χ1n) is 9.73. The third-order valence-electron chi connectivity index (χ3n) is 4.71. The number of allylic oxidation sites excluding steroid dienone is 1. The minimum atomic E-state index is -0.637. The fourth-order valence-corrected chi connectivity index (χ4v) is 3.21. The van der Waals surface area contributed by atoms with Crippen molar-refractivity contribution in [2.24, 2.45) is 0 Å². The third kappa shape index (κ3) is 4.86. The van der Waals surface area contributed by atoms with E-state index in [4.69, 9.17) is 9.47 Å². The number of carbonyl (C=O) groups is 3. The van der Waals surface area contributed by atoms with Gasteiger partial charge in [-0.3, -0.25) is 9.59 Å². The summed E-state index contributed by atoms with van der Waals surface area (Å²) in [4.78, 5) is 39.4. The smallest absolute Gasteiger partial charge is 0.356 e. The number of ether oxygens (including phenoxy) is 2. The van der Waals surface area contributed by atoms with Crippen LogP contribution in [0.3, 0.4) is 0 Å². The lowest BCUT2D eigenvalue weighted by Gasteiger charge is -2.31. The molecule has 3 rings (SSSR count). The van der Waals surface area contributed by atoms with Crippen LogP contribution in [0.5, 0.6) is 5.75 Å². The average molecular weight is 408 g/mol. The fraction of sp³-hybridized carbons (Fsp3) is 0.261. The summed E-state index contributed by atoms with van der Waals surface area (Å²) in [5.74, 6) is -0.485. The summed E-state index contributed by atoms with van der Waals surface area (Å²) in [5, 5.41) is 2.81. The van der Waals surface area contributed by atoms with Gasteiger partial charge in [0, 0.05) is 17.7 Å². The molecule has 1 heterocycles. The number of hydrogen-bond acceptors (Lipinski definition) is 5. The van der Waals surface area contributed by atoms with Crippen molar-refractivity contribution in [2.45, 2.75) is 26.3 Å². The van der Waals surface area contributed by atoms with Gasteiger partial charge in [0.05, 0.1) is 20.3 Å². The molecule has 0 saturated heterocycles. The molecule has 2 aromatic carbocycles. The van der Waals surface area contributed by atoms with Gasteiger partial charge in [-0.05, 0) is 43.2 Å². The molecule has 0 atom stereocenters. The van der Waals surface area contributed by atoms with E-state index in [9.17, 15) is 14.4 Å². The van der Waals surface area contributed by atoms with Crippen molar-refractivity contribution in [2.75, 3.05) is 13.7 Å². The fourth-order valence-electron chi connectivity index (χ4n) is 3.21. The van der Waals surface area contributed by atoms with Crippen LogP contribution in [0, 0.1) is 0 Å². The summed E-state index contributed by atoms with van der Waals surface area (Å²) in [5.41, 5.74) is 1.75. The van der Waals surface area contributed by atoms with Crippen LogP contribution in [-0.2, 0) is 20.9 Å². The number of amides is 2. The van der Waals surface area contributed by atoms with Crippen LogP contribution in [0.25, 0.3) is 0 Å². The Morgan fingerprint density at radius 3 is 2.37 bits per heavy atom. The topological polar surface area (TPSA) is 84.9 Å². The molecule has 0 fully saturated rings. The first kappa shape index (κ1) is 21.1. The molecule has 0 unspecified atom stereocenters. The van der Waals surface area contributed by atoms with Crippen LogP contribution in [-0.4, -0.2) is 36.4 Å². The van der Waals surface area contributed by atoms with E-state index in [1.807, 2.05) is 18.2 Å². The van der Waals surface area contributed by atoms with Crippen molar-refractivity contribution in [3.05, 3.63) is 77.1 Å². The molecule has 156 valence electrons. The molecule has 30 heavy (non-hydrogen) atoms. The predicted octanol–water partition coefficient (Wildman–Crippen LogP) is 3.02. The molecule has 0 radical (unpaired) electrons. The largest absolute Gasteiger partial charge is 0.497 e. The van der Waals surface area contributed by atoms with Crippen molar-refractivity contribution < 1.29 is 23.9 Å². The number of benzene rings is 2. The third-order valence-corrected chi connectivity index (χ3v) is 4.71. The molecular weight excluding hydrogens is 384 g/mol. The van der Waals surface area contributed by atoms with E-state index >= 15 is 0 Å². The Balaban J connectivity index is 1.93. The van der Waals surface area contributed by atoms with E-state index < -0.39 is 5.97 Å². The first-order valence-corrected chi connectivity index (χ1v) is 9.73. The molecule has 7 heteroatoms. The number of nitrogens with zero attached hydrogens (tertiary/aromatic N) is 1. The minimum Gasteiger partial charge on any atom is -0.497 e. The Morgan fingerprint density at radius 1 is 1.03 bits per heavy atom. The number of nitrogens with one attached hydrogen (secondary N) is 1. The lowest BCUT2D eigenvalue weighted by atomic mass is 10.0. The summed E-state index contributed by atoms with van der Waals surface area (Å²) in [6.07, 6.45) is 0.439. The highest BCUT2D eigenvalue weighted by Crippen LogP contribution is 2.26.